The molecule has 6 aromatic rings. The molecular weight excluding hydrogens is 751 g/mol. The first kappa shape index (κ1) is 36.8. The Morgan fingerprint density at radius 1 is 0.611 bits per heavy atom. The van der Waals surface area contributed by atoms with Crippen molar-refractivity contribution in [2.75, 3.05) is 0 Å². The van der Waals surface area contributed by atoms with Crippen molar-refractivity contribution in [1.82, 2.24) is 0 Å². The van der Waals surface area contributed by atoms with Gasteiger partial charge in [0.25, 0.3) is 0 Å². The molecule has 0 nitrogen and oxygen atoms in total. The van der Waals surface area contributed by atoms with Gasteiger partial charge in [-0.15, -0.1) is 0 Å². The summed E-state index contributed by atoms with van der Waals surface area (Å²) in [5.41, 5.74) is 17.8. The summed E-state index contributed by atoms with van der Waals surface area (Å²) in [5.74, 6) is 0. The predicted molar refractivity (Wildman–Crippen MR) is 230 cm³/mol. The van der Waals surface area contributed by atoms with Crippen LogP contribution in [0.3, 0.4) is 0 Å². The van der Waals surface area contributed by atoms with Crippen LogP contribution >= 0.6 is 11.6 Å². The van der Waals surface area contributed by atoms with E-state index in [2.05, 4.69) is 194 Å². The molecule has 2 aliphatic rings. The first-order chi connectivity index (χ1) is 25.9. The van der Waals surface area contributed by atoms with Crippen LogP contribution < -0.4 is 3.27 Å². The van der Waals surface area contributed by atoms with E-state index in [1.54, 1.807) is 6.55 Å². The Morgan fingerprint density at radius 3 is 1.76 bits per heavy atom. The van der Waals surface area contributed by atoms with Gasteiger partial charge in [-0.1, -0.05) is 0 Å². The third-order valence-electron chi connectivity index (χ3n) is 11.2. The second-order valence-electron chi connectivity index (χ2n) is 17.1. The third-order valence-corrected chi connectivity index (χ3v) is 19.1. The number of hydrogen-bond donors (Lipinski definition) is 0. The molecule has 0 bridgehead atoms. The standard InChI is InChI=1S/C33H33.C14H11Cl.C5H5.Zr/c1-32(2,3)30-20-26-24(18-28(30)22-13-9-7-10-14-22)17-25-19-29(23-15-11-8-12-16-23)31(21-27(25)26)33(4,5)6;1-11-2-4-12(5-3-11)10-13-6-8-14(15)9-7-13;1-2-4-5-3-1;/h7-16,18,20-21H,17H2,1-6H3;2-9H,1H3;1-3H,4H2;. The molecule has 0 aromatic heterocycles. The fraction of sp³-hybridized carbons (Fsp3) is 0.212. The van der Waals surface area contributed by atoms with Gasteiger partial charge < -0.3 is 0 Å². The summed E-state index contributed by atoms with van der Waals surface area (Å²) in [7, 11) is 0. The first-order valence-corrected chi connectivity index (χ1v) is 23.4. The molecule has 0 fully saturated rings. The van der Waals surface area contributed by atoms with E-state index in [1.807, 2.05) is 0 Å². The summed E-state index contributed by atoms with van der Waals surface area (Å²) in [6.07, 6.45) is 9.08. The molecule has 0 heterocycles. The fourth-order valence-corrected chi connectivity index (χ4v) is 17.1. The summed E-state index contributed by atoms with van der Waals surface area (Å²) >= 11 is 3.52. The number of allylic oxidation sites excluding steroid dienone is 4. The van der Waals surface area contributed by atoms with Crippen molar-refractivity contribution >= 4 is 18.1 Å². The molecule has 2 heteroatoms. The molecule has 0 atom stereocenters. The average molecular weight is 801 g/mol. The van der Waals surface area contributed by atoms with Gasteiger partial charge in [-0.2, -0.15) is 0 Å². The zero-order valence-corrected chi connectivity index (χ0v) is 35.9. The van der Waals surface area contributed by atoms with Crippen molar-refractivity contribution < 1.29 is 21.3 Å². The Hall–Kier alpha value is -4.16. The van der Waals surface area contributed by atoms with E-state index in [4.69, 9.17) is 11.6 Å². The van der Waals surface area contributed by atoms with Crippen LogP contribution in [0.5, 0.6) is 0 Å². The van der Waals surface area contributed by atoms with Crippen LogP contribution in [0, 0.1) is 6.92 Å². The minimum atomic E-state index is -3.08. The maximum atomic E-state index is 6.60. The van der Waals surface area contributed by atoms with Crippen molar-refractivity contribution in [3.63, 3.8) is 0 Å². The second-order valence-corrected chi connectivity index (χ2v) is 23.4. The molecule has 0 N–H and O–H groups in total. The molecule has 6 aromatic carbocycles. The van der Waals surface area contributed by atoms with Gasteiger partial charge >= 0.3 is 338 Å². The molecule has 0 spiro atoms. The van der Waals surface area contributed by atoms with Crippen LogP contribution in [0.15, 0.2) is 149 Å². The molecule has 0 radical (unpaired) electrons. The SMILES string of the molecule is Cc1ccc(/[C](c2ccc(Cl)cc2)=[Zr](\[C]2=CC=CC2)[c]2c3c(cc(C(C)(C)C)c2-c2ccccc2)-c2cc(C(C)(C)C)c(-c4ccccc4)cc2C3)cc1. The summed E-state index contributed by atoms with van der Waals surface area (Å²) in [4.78, 5) is 0. The molecule has 8 rings (SSSR count). The van der Waals surface area contributed by atoms with Gasteiger partial charge in [-0.05, 0) is 0 Å². The van der Waals surface area contributed by atoms with E-state index in [1.165, 1.54) is 75.5 Å². The van der Waals surface area contributed by atoms with Crippen molar-refractivity contribution in [3.8, 4) is 33.4 Å². The van der Waals surface area contributed by atoms with Gasteiger partial charge in [-0.3, -0.25) is 0 Å². The first-order valence-electron chi connectivity index (χ1n) is 19.3. The number of fused-ring (bicyclic) bond motifs is 3. The summed E-state index contributed by atoms with van der Waals surface area (Å²) in [5, 5.41) is 0.772. The monoisotopic (exact) mass is 798 g/mol. The van der Waals surface area contributed by atoms with Crippen LogP contribution in [0.25, 0.3) is 33.4 Å². The normalized spacial score (nSPS) is 14.1. The number of halogens is 1. The second kappa shape index (κ2) is 14.5. The molecule has 0 amide bonds. The molecular formula is C52H49ClZr. The van der Waals surface area contributed by atoms with Gasteiger partial charge in [0.15, 0.2) is 0 Å². The molecule has 0 saturated heterocycles. The van der Waals surface area contributed by atoms with E-state index >= 15 is 0 Å². The minimum absolute atomic E-state index is 0.0230. The van der Waals surface area contributed by atoms with E-state index in [9.17, 15) is 0 Å². The van der Waals surface area contributed by atoms with E-state index in [0.717, 1.165) is 17.9 Å². The van der Waals surface area contributed by atoms with Crippen molar-refractivity contribution in [2.24, 2.45) is 0 Å². The maximum absolute atomic E-state index is 6.60. The van der Waals surface area contributed by atoms with Crippen LogP contribution in [-0.2, 0) is 38.5 Å². The van der Waals surface area contributed by atoms with Gasteiger partial charge in [0.05, 0.1) is 0 Å². The predicted octanol–water partition coefficient (Wildman–Crippen LogP) is 13.5. The zero-order valence-electron chi connectivity index (χ0n) is 32.6. The summed E-state index contributed by atoms with van der Waals surface area (Å²) < 4.78 is 4.76. The number of aryl methyl sites for hydroxylation is 1. The van der Waals surface area contributed by atoms with Gasteiger partial charge in [0.1, 0.15) is 0 Å². The van der Waals surface area contributed by atoms with Gasteiger partial charge in [0.2, 0.25) is 0 Å². The average Bonchev–Trinajstić information content (AvgIpc) is 3.82. The van der Waals surface area contributed by atoms with Gasteiger partial charge in [-0.25, -0.2) is 0 Å². The Bertz CT molecular complexity index is 2420. The number of rotatable bonds is 6. The number of hydrogen-bond acceptors (Lipinski definition) is 0. The van der Waals surface area contributed by atoms with Crippen LogP contribution in [-0.4, -0.2) is 3.21 Å². The Morgan fingerprint density at radius 2 is 1.19 bits per heavy atom. The zero-order chi connectivity index (χ0) is 37.8. The number of benzene rings is 6. The van der Waals surface area contributed by atoms with Crippen LogP contribution in [0.4, 0.5) is 0 Å². The third kappa shape index (κ3) is 6.96. The topological polar surface area (TPSA) is 0 Å². The fourth-order valence-electron chi connectivity index (χ4n) is 8.50. The van der Waals surface area contributed by atoms with Crippen molar-refractivity contribution in [1.29, 1.82) is 0 Å². The van der Waals surface area contributed by atoms with E-state index in [-0.39, 0.29) is 10.8 Å². The molecule has 268 valence electrons. The Labute approximate surface area is 335 Å². The summed E-state index contributed by atoms with van der Waals surface area (Å²) in [6.45, 7) is 16.5. The molecule has 54 heavy (non-hydrogen) atoms. The molecule has 2 aliphatic carbocycles. The van der Waals surface area contributed by atoms with Crippen molar-refractivity contribution in [2.45, 2.75) is 72.1 Å². The quantitative estimate of drug-likeness (QED) is 0.157. The van der Waals surface area contributed by atoms with E-state index < -0.39 is 21.3 Å². The van der Waals surface area contributed by atoms with Crippen LogP contribution in [0.1, 0.15) is 86.9 Å². The van der Waals surface area contributed by atoms with Gasteiger partial charge in [0, 0.05) is 0 Å². The Kier molecular flexibility index (Phi) is 9.87. The molecule has 0 unspecified atom stereocenters. The Balaban J connectivity index is 1.55. The molecule has 0 saturated carbocycles. The van der Waals surface area contributed by atoms with Crippen LogP contribution in [0.2, 0.25) is 5.02 Å². The summed E-state index contributed by atoms with van der Waals surface area (Å²) in [6, 6.07) is 48.0. The van der Waals surface area contributed by atoms with Crippen molar-refractivity contribution in [3.05, 3.63) is 193 Å². The van der Waals surface area contributed by atoms with E-state index in [0.29, 0.717) is 0 Å². The molecule has 0 aliphatic heterocycles.